The second kappa shape index (κ2) is 4.60. The molecule has 76 valence electrons. The Labute approximate surface area is 82.5 Å². The Morgan fingerprint density at radius 3 is 2.64 bits per heavy atom. The summed E-state index contributed by atoms with van der Waals surface area (Å²) in [5, 5.41) is 2.46. The number of carbonyl (C=O) groups is 1. The monoisotopic (exact) mass is 196 g/mol. The van der Waals surface area contributed by atoms with Crippen LogP contribution in [0.15, 0.2) is 24.3 Å². The van der Waals surface area contributed by atoms with Gasteiger partial charge in [-0.3, -0.25) is 4.90 Å². The number of hydrogen-bond donors (Lipinski definition) is 1. The third-order valence-corrected chi connectivity index (χ3v) is 1.92. The second-order valence-corrected chi connectivity index (χ2v) is 2.75. The molecule has 1 rings (SSSR count). The average molecular weight is 196 g/mol. The lowest BCUT2D eigenvalue weighted by Gasteiger charge is -2.20. The highest BCUT2D eigenvalue weighted by atomic mass is 19.1. The smallest absolute Gasteiger partial charge is 0.321 e. The molecule has 2 amide bonds. The van der Waals surface area contributed by atoms with E-state index in [9.17, 15) is 9.18 Å². The molecule has 0 spiro atoms. The van der Waals surface area contributed by atoms with Gasteiger partial charge in [-0.1, -0.05) is 12.1 Å². The lowest BCUT2D eigenvalue weighted by Crippen LogP contribution is -2.38. The molecular formula is C10H13FN2O. The Hall–Kier alpha value is -1.58. The number of halogens is 1. The molecule has 0 aliphatic rings. The minimum Gasteiger partial charge on any atom is -0.341 e. The van der Waals surface area contributed by atoms with Crippen LogP contribution in [0.25, 0.3) is 0 Å². The molecule has 3 nitrogen and oxygen atoms in total. The third kappa shape index (κ3) is 2.02. The zero-order valence-electron chi connectivity index (χ0n) is 8.25. The first-order valence-electron chi connectivity index (χ1n) is 4.44. The van der Waals surface area contributed by atoms with E-state index in [0.717, 1.165) is 0 Å². The number of rotatable bonds is 2. The van der Waals surface area contributed by atoms with Crippen molar-refractivity contribution in [1.29, 1.82) is 0 Å². The van der Waals surface area contributed by atoms with E-state index < -0.39 is 5.82 Å². The Morgan fingerprint density at radius 2 is 2.14 bits per heavy atom. The van der Waals surface area contributed by atoms with Crippen molar-refractivity contribution in [2.45, 2.75) is 6.92 Å². The van der Waals surface area contributed by atoms with Gasteiger partial charge in [-0.2, -0.15) is 0 Å². The standard InChI is InChI=1S/C10H13FN2O/c1-3-13(10(14)12-2)9-7-5-4-6-8(9)11/h4-7H,3H2,1-2H3,(H,12,14). The van der Waals surface area contributed by atoms with Gasteiger partial charge >= 0.3 is 6.03 Å². The van der Waals surface area contributed by atoms with Crippen LogP contribution in [-0.2, 0) is 0 Å². The van der Waals surface area contributed by atoms with Gasteiger partial charge in [0, 0.05) is 13.6 Å². The molecular weight excluding hydrogens is 183 g/mol. The van der Waals surface area contributed by atoms with Gasteiger partial charge in [0.05, 0.1) is 5.69 Å². The number of para-hydroxylation sites is 1. The van der Waals surface area contributed by atoms with Crippen LogP contribution in [0, 0.1) is 5.82 Å². The molecule has 0 aromatic heterocycles. The molecule has 0 aliphatic heterocycles. The van der Waals surface area contributed by atoms with Crippen molar-refractivity contribution in [1.82, 2.24) is 5.32 Å². The zero-order valence-corrected chi connectivity index (χ0v) is 8.25. The van der Waals surface area contributed by atoms with Crippen LogP contribution in [0.2, 0.25) is 0 Å². The minimum atomic E-state index is -0.391. The van der Waals surface area contributed by atoms with Crippen LogP contribution in [0.5, 0.6) is 0 Å². The largest absolute Gasteiger partial charge is 0.341 e. The van der Waals surface area contributed by atoms with E-state index >= 15 is 0 Å². The van der Waals surface area contributed by atoms with E-state index in [4.69, 9.17) is 0 Å². The van der Waals surface area contributed by atoms with Crippen molar-refractivity contribution < 1.29 is 9.18 Å². The quantitative estimate of drug-likeness (QED) is 0.770. The van der Waals surface area contributed by atoms with Crippen molar-refractivity contribution in [3.8, 4) is 0 Å². The number of hydrogen-bond acceptors (Lipinski definition) is 1. The molecule has 0 fully saturated rings. The number of nitrogens with zero attached hydrogens (tertiary/aromatic N) is 1. The molecule has 14 heavy (non-hydrogen) atoms. The molecule has 0 heterocycles. The number of nitrogens with one attached hydrogen (secondary N) is 1. The van der Waals surface area contributed by atoms with Gasteiger partial charge in [0.2, 0.25) is 0 Å². The summed E-state index contributed by atoms with van der Waals surface area (Å²) in [5.74, 6) is -0.391. The van der Waals surface area contributed by atoms with Gasteiger partial charge in [-0.05, 0) is 19.1 Å². The Bertz CT molecular complexity index is 328. The van der Waals surface area contributed by atoms with E-state index in [0.29, 0.717) is 12.2 Å². The topological polar surface area (TPSA) is 32.3 Å². The molecule has 1 aromatic carbocycles. The molecule has 0 aliphatic carbocycles. The van der Waals surface area contributed by atoms with Gasteiger partial charge < -0.3 is 5.32 Å². The average Bonchev–Trinajstić information content (AvgIpc) is 2.21. The Morgan fingerprint density at radius 1 is 1.50 bits per heavy atom. The number of amides is 2. The summed E-state index contributed by atoms with van der Waals surface area (Å²) < 4.78 is 13.3. The molecule has 1 aromatic rings. The van der Waals surface area contributed by atoms with Gasteiger partial charge in [0.25, 0.3) is 0 Å². The summed E-state index contributed by atoms with van der Waals surface area (Å²) in [5.41, 5.74) is 0.300. The molecule has 0 unspecified atom stereocenters. The fourth-order valence-electron chi connectivity index (χ4n) is 1.23. The summed E-state index contributed by atoms with van der Waals surface area (Å²) in [6.07, 6.45) is 0. The maximum Gasteiger partial charge on any atom is 0.321 e. The first-order valence-corrected chi connectivity index (χ1v) is 4.44. The SMILES string of the molecule is CCN(C(=O)NC)c1ccccc1F. The molecule has 0 saturated heterocycles. The van der Waals surface area contributed by atoms with Crippen LogP contribution >= 0.6 is 0 Å². The molecule has 1 N–H and O–H groups in total. The van der Waals surface area contributed by atoms with E-state index in [1.54, 1.807) is 25.1 Å². The van der Waals surface area contributed by atoms with Crippen LogP contribution in [0.1, 0.15) is 6.92 Å². The van der Waals surface area contributed by atoms with Crippen molar-refractivity contribution in [2.75, 3.05) is 18.5 Å². The maximum atomic E-state index is 13.3. The highest BCUT2D eigenvalue weighted by molar-refractivity contribution is 5.91. The van der Waals surface area contributed by atoms with Crippen LogP contribution in [0.3, 0.4) is 0 Å². The first kappa shape index (κ1) is 10.5. The van der Waals surface area contributed by atoms with Crippen LogP contribution in [-0.4, -0.2) is 19.6 Å². The fraction of sp³-hybridized carbons (Fsp3) is 0.300. The molecule has 0 bridgehead atoms. The highest BCUT2D eigenvalue weighted by Gasteiger charge is 2.14. The van der Waals surface area contributed by atoms with Gasteiger partial charge in [0.1, 0.15) is 5.82 Å². The normalized spacial score (nSPS) is 9.64. The predicted octanol–water partition coefficient (Wildman–Crippen LogP) is 1.99. The summed E-state index contributed by atoms with van der Waals surface area (Å²) in [6, 6.07) is 5.90. The van der Waals surface area contributed by atoms with Gasteiger partial charge in [-0.25, -0.2) is 9.18 Å². The highest BCUT2D eigenvalue weighted by Crippen LogP contribution is 2.18. The lowest BCUT2D eigenvalue weighted by molar-refractivity contribution is 0.248. The van der Waals surface area contributed by atoms with Crippen LogP contribution in [0.4, 0.5) is 14.9 Å². The molecule has 0 radical (unpaired) electrons. The third-order valence-electron chi connectivity index (χ3n) is 1.92. The van der Waals surface area contributed by atoms with Crippen molar-refractivity contribution in [2.24, 2.45) is 0 Å². The lowest BCUT2D eigenvalue weighted by atomic mass is 10.3. The Kier molecular flexibility index (Phi) is 3.45. The van der Waals surface area contributed by atoms with E-state index in [1.807, 2.05) is 0 Å². The molecule has 4 heteroatoms. The summed E-state index contributed by atoms with van der Waals surface area (Å²) in [6.45, 7) is 2.22. The predicted molar refractivity (Wildman–Crippen MR) is 53.9 cm³/mol. The summed E-state index contributed by atoms with van der Waals surface area (Å²) in [7, 11) is 1.52. The zero-order chi connectivity index (χ0) is 10.6. The summed E-state index contributed by atoms with van der Waals surface area (Å²) in [4.78, 5) is 12.7. The van der Waals surface area contributed by atoms with Crippen LogP contribution < -0.4 is 10.2 Å². The fourth-order valence-corrected chi connectivity index (χ4v) is 1.23. The van der Waals surface area contributed by atoms with Gasteiger partial charge in [-0.15, -0.1) is 0 Å². The molecule has 0 saturated carbocycles. The molecule has 0 atom stereocenters. The number of urea groups is 1. The van der Waals surface area contributed by atoms with Crippen molar-refractivity contribution in [3.05, 3.63) is 30.1 Å². The van der Waals surface area contributed by atoms with E-state index in [-0.39, 0.29) is 6.03 Å². The second-order valence-electron chi connectivity index (χ2n) is 2.75. The summed E-state index contributed by atoms with van der Waals surface area (Å²) >= 11 is 0. The van der Waals surface area contributed by atoms with Crippen molar-refractivity contribution >= 4 is 11.7 Å². The maximum absolute atomic E-state index is 13.3. The van der Waals surface area contributed by atoms with Gasteiger partial charge in [0.15, 0.2) is 0 Å². The number of carbonyl (C=O) groups excluding carboxylic acids is 1. The minimum absolute atomic E-state index is 0.300. The Balaban J connectivity index is 3.01. The number of benzene rings is 1. The first-order chi connectivity index (χ1) is 6.70. The number of anilines is 1. The van der Waals surface area contributed by atoms with E-state index in [2.05, 4.69) is 5.32 Å². The van der Waals surface area contributed by atoms with E-state index in [1.165, 1.54) is 18.0 Å². The van der Waals surface area contributed by atoms with Crippen molar-refractivity contribution in [3.63, 3.8) is 0 Å².